The number of carbonyl (C=O) groups excluding carboxylic acids is 1. The number of rotatable bonds is 4. The molecule has 0 saturated carbocycles. The third-order valence-corrected chi connectivity index (χ3v) is 3.37. The maximum Gasteiger partial charge on any atom is 0.225 e. The summed E-state index contributed by atoms with van der Waals surface area (Å²) in [6, 6.07) is 0.226. The van der Waals surface area contributed by atoms with Crippen molar-refractivity contribution in [1.82, 2.24) is 34.9 Å². The molecule has 1 aliphatic heterocycles. The summed E-state index contributed by atoms with van der Waals surface area (Å²) in [5, 5.41) is 16.3. The Bertz CT molecular complexity index is 583. The lowest BCUT2D eigenvalue weighted by molar-refractivity contribution is -0.140. The fourth-order valence-electron chi connectivity index (χ4n) is 2.20. The summed E-state index contributed by atoms with van der Waals surface area (Å²) >= 11 is 0. The average molecular weight is 275 g/mol. The molecule has 0 aromatic carbocycles. The zero-order chi connectivity index (χ0) is 14.1. The van der Waals surface area contributed by atoms with Crippen LogP contribution >= 0.6 is 0 Å². The summed E-state index contributed by atoms with van der Waals surface area (Å²) in [6.07, 6.45) is 5.16. The first-order chi connectivity index (χ1) is 9.63. The minimum Gasteiger partial charge on any atom is -0.338 e. The molecule has 20 heavy (non-hydrogen) atoms. The molecule has 0 bridgehead atoms. The lowest BCUT2D eigenvalue weighted by atomic mass is 10.1. The summed E-state index contributed by atoms with van der Waals surface area (Å²) in [7, 11) is 0. The van der Waals surface area contributed by atoms with Crippen LogP contribution in [0, 0.1) is 5.92 Å². The van der Waals surface area contributed by atoms with Crippen LogP contribution in [0.1, 0.15) is 25.6 Å². The van der Waals surface area contributed by atoms with E-state index in [1.165, 1.54) is 0 Å². The van der Waals surface area contributed by atoms with E-state index in [1.54, 1.807) is 17.2 Å². The SMILES string of the molecule is CC(C)C(=O)N1CC(n2cc(Cn3nccn3)nn2)C1. The predicted octanol–water partition coefficient (Wildman–Crippen LogP) is -0.0428. The second-order valence-corrected chi connectivity index (χ2v) is 5.30. The van der Waals surface area contributed by atoms with Crippen molar-refractivity contribution in [2.45, 2.75) is 26.4 Å². The van der Waals surface area contributed by atoms with Crippen LogP contribution in [0.3, 0.4) is 0 Å². The highest BCUT2D eigenvalue weighted by Gasteiger charge is 2.33. The third-order valence-electron chi connectivity index (χ3n) is 3.37. The van der Waals surface area contributed by atoms with Crippen LogP contribution in [0.2, 0.25) is 0 Å². The standard InChI is InChI=1S/C12H17N7O/c1-9(2)12(20)17-7-11(8-17)18-5-10(15-16-18)6-19-13-3-4-14-19/h3-5,9,11H,6-8H2,1-2H3. The Morgan fingerprint density at radius 1 is 1.35 bits per heavy atom. The molecule has 1 aliphatic rings. The number of hydrogen-bond acceptors (Lipinski definition) is 5. The van der Waals surface area contributed by atoms with E-state index < -0.39 is 0 Å². The fourth-order valence-corrected chi connectivity index (χ4v) is 2.20. The molecule has 0 N–H and O–H groups in total. The Balaban J connectivity index is 1.58. The Labute approximate surface area is 116 Å². The van der Waals surface area contributed by atoms with Crippen molar-refractivity contribution in [3.8, 4) is 0 Å². The van der Waals surface area contributed by atoms with Gasteiger partial charge in [0.25, 0.3) is 0 Å². The summed E-state index contributed by atoms with van der Waals surface area (Å²) in [5.41, 5.74) is 0.815. The number of amides is 1. The molecule has 8 heteroatoms. The molecule has 1 amide bonds. The van der Waals surface area contributed by atoms with E-state index >= 15 is 0 Å². The van der Waals surface area contributed by atoms with Crippen LogP contribution in [0.25, 0.3) is 0 Å². The normalized spacial score (nSPS) is 15.7. The second kappa shape index (κ2) is 5.03. The van der Waals surface area contributed by atoms with Gasteiger partial charge in [0.15, 0.2) is 0 Å². The maximum atomic E-state index is 11.8. The molecular formula is C12H17N7O. The van der Waals surface area contributed by atoms with Gasteiger partial charge in [0.2, 0.25) is 5.91 Å². The van der Waals surface area contributed by atoms with Gasteiger partial charge in [-0.2, -0.15) is 15.0 Å². The molecule has 1 fully saturated rings. The first-order valence-corrected chi connectivity index (χ1v) is 6.67. The van der Waals surface area contributed by atoms with Crippen molar-refractivity contribution in [2.24, 2.45) is 5.92 Å². The molecule has 0 aliphatic carbocycles. The summed E-state index contributed by atoms with van der Waals surface area (Å²) < 4.78 is 1.82. The van der Waals surface area contributed by atoms with Gasteiger partial charge in [0.05, 0.1) is 24.6 Å². The van der Waals surface area contributed by atoms with Gasteiger partial charge >= 0.3 is 0 Å². The van der Waals surface area contributed by atoms with Crippen LogP contribution < -0.4 is 0 Å². The van der Waals surface area contributed by atoms with Gasteiger partial charge in [-0.25, -0.2) is 4.68 Å². The highest BCUT2D eigenvalue weighted by atomic mass is 16.2. The molecule has 1 saturated heterocycles. The van der Waals surface area contributed by atoms with Crippen LogP contribution in [0.5, 0.6) is 0 Å². The fraction of sp³-hybridized carbons (Fsp3) is 0.583. The van der Waals surface area contributed by atoms with E-state index in [0.717, 1.165) is 5.69 Å². The zero-order valence-electron chi connectivity index (χ0n) is 11.5. The first-order valence-electron chi connectivity index (χ1n) is 6.67. The van der Waals surface area contributed by atoms with Gasteiger partial charge in [-0.3, -0.25) is 4.79 Å². The Morgan fingerprint density at radius 3 is 2.70 bits per heavy atom. The lowest BCUT2D eigenvalue weighted by Gasteiger charge is -2.39. The Hall–Kier alpha value is -2.25. The van der Waals surface area contributed by atoms with Crippen molar-refractivity contribution in [2.75, 3.05) is 13.1 Å². The van der Waals surface area contributed by atoms with E-state index in [0.29, 0.717) is 19.6 Å². The Morgan fingerprint density at radius 2 is 2.05 bits per heavy atom. The molecule has 3 heterocycles. The minimum atomic E-state index is 0.0492. The molecular weight excluding hydrogens is 258 g/mol. The number of hydrogen-bond donors (Lipinski definition) is 0. The molecule has 2 aromatic rings. The summed E-state index contributed by atoms with van der Waals surface area (Å²) in [6.45, 7) is 5.76. The molecule has 106 valence electrons. The summed E-state index contributed by atoms with van der Waals surface area (Å²) in [4.78, 5) is 15.2. The quantitative estimate of drug-likeness (QED) is 0.782. The predicted molar refractivity (Wildman–Crippen MR) is 69.6 cm³/mol. The van der Waals surface area contributed by atoms with Crippen LogP contribution in [-0.2, 0) is 11.3 Å². The molecule has 0 radical (unpaired) electrons. The van der Waals surface area contributed by atoms with Crippen LogP contribution in [0.15, 0.2) is 18.6 Å². The van der Waals surface area contributed by atoms with Gasteiger partial charge in [-0.15, -0.1) is 5.10 Å². The van der Waals surface area contributed by atoms with E-state index in [1.807, 2.05) is 29.6 Å². The number of likely N-dealkylation sites (tertiary alicyclic amines) is 1. The lowest BCUT2D eigenvalue weighted by Crippen LogP contribution is -2.52. The Kier molecular flexibility index (Phi) is 3.21. The van der Waals surface area contributed by atoms with Crippen molar-refractivity contribution in [1.29, 1.82) is 0 Å². The van der Waals surface area contributed by atoms with E-state index in [9.17, 15) is 4.79 Å². The smallest absolute Gasteiger partial charge is 0.225 e. The minimum absolute atomic E-state index is 0.0492. The van der Waals surface area contributed by atoms with Crippen LogP contribution in [0.4, 0.5) is 0 Å². The van der Waals surface area contributed by atoms with E-state index in [2.05, 4.69) is 20.5 Å². The third kappa shape index (κ3) is 2.40. The maximum absolute atomic E-state index is 11.8. The molecule has 0 atom stereocenters. The molecule has 3 rings (SSSR count). The second-order valence-electron chi connectivity index (χ2n) is 5.30. The van der Waals surface area contributed by atoms with Crippen molar-refractivity contribution in [3.63, 3.8) is 0 Å². The first kappa shape index (κ1) is 12.8. The molecule has 8 nitrogen and oxygen atoms in total. The molecule has 2 aromatic heterocycles. The average Bonchev–Trinajstić information content (AvgIpc) is 3.00. The van der Waals surface area contributed by atoms with Gasteiger partial charge < -0.3 is 4.90 Å². The highest BCUT2D eigenvalue weighted by molar-refractivity contribution is 5.78. The molecule has 0 spiro atoms. The van der Waals surface area contributed by atoms with E-state index in [-0.39, 0.29) is 17.9 Å². The van der Waals surface area contributed by atoms with Crippen molar-refractivity contribution < 1.29 is 4.79 Å². The topological polar surface area (TPSA) is 81.7 Å². The van der Waals surface area contributed by atoms with Gasteiger partial charge in [-0.05, 0) is 0 Å². The van der Waals surface area contributed by atoms with Gasteiger partial charge in [-0.1, -0.05) is 19.1 Å². The van der Waals surface area contributed by atoms with Gasteiger partial charge in [0.1, 0.15) is 12.2 Å². The van der Waals surface area contributed by atoms with Crippen molar-refractivity contribution in [3.05, 3.63) is 24.3 Å². The highest BCUT2D eigenvalue weighted by Crippen LogP contribution is 2.22. The number of nitrogens with zero attached hydrogens (tertiary/aromatic N) is 7. The number of aromatic nitrogens is 6. The number of carbonyl (C=O) groups is 1. The van der Waals surface area contributed by atoms with Gasteiger partial charge in [0, 0.05) is 19.0 Å². The molecule has 0 unspecified atom stereocenters. The van der Waals surface area contributed by atoms with Crippen molar-refractivity contribution >= 4 is 5.91 Å². The van der Waals surface area contributed by atoms with E-state index in [4.69, 9.17) is 0 Å². The largest absolute Gasteiger partial charge is 0.338 e. The zero-order valence-corrected chi connectivity index (χ0v) is 11.5. The van der Waals surface area contributed by atoms with Crippen LogP contribution in [-0.4, -0.2) is 53.9 Å². The summed E-state index contributed by atoms with van der Waals surface area (Å²) in [5.74, 6) is 0.246. The monoisotopic (exact) mass is 275 g/mol.